The maximum atomic E-state index is 13.1. The van der Waals surface area contributed by atoms with E-state index in [1.54, 1.807) is 25.1 Å². The van der Waals surface area contributed by atoms with Gasteiger partial charge in [-0.05, 0) is 48.9 Å². The van der Waals surface area contributed by atoms with Crippen LogP contribution in [0, 0.1) is 12.7 Å². The molecule has 0 unspecified atom stereocenters. The smallest absolute Gasteiger partial charge is 0.197 e. The van der Waals surface area contributed by atoms with Crippen molar-refractivity contribution in [3.8, 4) is 5.75 Å². The van der Waals surface area contributed by atoms with Crippen molar-refractivity contribution < 1.29 is 13.9 Å². The van der Waals surface area contributed by atoms with Crippen LogP contribution in [0.15, 0.2) is 36.4 Å². The average molecular weight is 279 g/mol. The van der Waals surface area contributed by atoms with Crippen molar-refractivity contribution in [3.63, 3.8) is 0 Å². The second-order valence-corrected chi connectivity index (χ2v) is 4.57. The number of ketones is 1. The Kier molecular flexibility index (Phi) is 3.86. The van der Waals surface area contributed by atoms with Crippen molar-refractivity contribution in [2.45, 2.75) is 6.92 Å². The van der Waals surface area contributed by atoms with Crippen LogP contribution in [-0.4, -0.2) is 12.9 Å². The third-order valence-electron chi connectivity index (χ3n) is 2.84. The molecule has 2 aromatic rings. The number of carbonyl (C=O) groups excluding carboxylic acids is 1. The van der Waals surface area contributed by atoms with Crippen LogP contribution in [0.1, 0.15) is 21.5 Å². The molecule has 0 radical (unpaired) electrons. The third-order valence-corrected chi connectivity index (χ3v) is 3.08. The molecule has 98 valence electrons. The highest BCUT2D eigenvalue weighted by atomic mass is 35.5. The van der Waals surface area contributed by atoms with Crippen LogP contribution >= 0.6 is 11.6 Å². The number of carbonyl (C=O) groups is 1. The van der Waals surface area contributed by atoms with Gasteiger partial charge in [0.2, 0.25) is 0 Å². The molecule has 0 aliphatic carbocycles. The summed E-state index contributed by atoms with van der Waals surface area (Å²) in [6.45, 7) is 1.69. The first-order valence-electron chi connectivity index (χ1n) is 5.67. The molecule has 0 heterocycles. The molecule has 2 aromatic carbocycles. The molecule has 19 heavy (non-hydrogen) atoms. The van der Waals surface area contributed by atoms with Gasteiger partial charge in [-0.1, -0.05) is 11.6 Å². The minimum absolute atomic E-state index is 0.217. The molecular weight excluding hydrogens is 267 g/mol. The lowest BCUT2D eigenvalue weighted by molar-refractivity contribution is 0.103. The van der Waals surface area contributed by atoms with E-state index in [1.165, 1.54) is 25.3 Å². The Labute approximate surface area is 115 Å². The van der Waals surface area contributed by atoms with Crippen molar-refractivity contribution in [2.24, 2.45) is 0 Å². The summed E-state index contributed by atoms with van der Waals surface area (Å²) in [4.78, 5) is 12.4. The number of hydrogen-bond donors (Lipinski definition) is 0. The molecule has 0 aliphatic rings. The van der Waals surface area contributed by atoms with Crippen LogP contribution in [-0.2, 0) is 0 Å². The zero-order valence-electron chi connectivity index (χ0n) is 10.5. The topological polar surface area (TPSA) is 26.3 Å². The molecule has 0 saturated carbocycles. The zero-order valence-corrected chi connectivity index (χ0v) is 11.3. The quantitative estimate of drug-likeness (QED) is 0.793. The molecule has 4 heteroatoms. The zero-order chi connectivity index (χ0) is 14.0. The number of hydrogen-bond acceptors (Lipinski definition) is 2. The normalized spacial score (nSPS) is 10.3. The Hall–Kier alpha value is -1.87. The predicted octanol–water partition coefficient (Wildman–Crippen LogP) is 4.03. The van der Waals surface area contributed by atoms with Crippen LogP contribution in [0.3, 0.4) is 0 Å². The van der Waals surface area contributed by atoms with Crippen LogP contribution in [0.5, 0.6) is 5.75 Å². The summed E-state index contributed by atoms with van der Waals surface area (Å²) in [6.07, 6.45) is 0. The Balaban J connectivity index is 2.50. The molecule has 0 saturated heterocycles. The van der Waals surface area contributed by atoms with Gasteiger partial charge in [-0.3, -0.25) is 4.79 Å². The maximum absolute atomic E-state index is 13.1. The van der Waals surface area contributed by atoms with Gasteiger partial charge in [0.25, 0.3) is 0 Å². The van der Waals surface area contributed by atoms with Crippen LogP contribution in [0.4, 0.5) is 4.39 Å². The second-order valence-electron chi connectivity index (χ2n) is 4.13. The first-order valence-corrected chi connectivity index (χ1v) is 6.05. The highest BCUT2D eigenvalue weighted by Crippen LogP contribution is 2.26. The van der Waals surface area contributed by atoms with E-state index >= 15 is 0 Å². The number of rotatable bonds is 3. The molecule has 0 amide bonds. The van der Waals surface area contributed by atoms with Crippen molar-refractivity contribution >= 4 is 17.4 Å². The third kappa shape index (κ3) is 2.76. The fourth-order valence-corrected chi connectivity index (χ4v) is 2.04. The molecule has 0 bridgehead atoms. The van der Waals surface area contributed by atoms with E-state index in [0.717, 1.165) is 0 Å². The summed E-state index contributed by atoms with van der Waals surface area (Å²) in [7, 11) is 1.47. The molecule has 2 nitrogen and oxygen atoms in total. The Morgan fingerprint density at radius 1 is 1.16 bits per heavy atom. The molecular formula is C15H12ClFO2. The van der Waals surface area contributed by atoms with E-state index < -0.39 is 0 Å². The molecule has 0 atom stereocenters. The molecule has 2 rings (SSSR count). The van der Waals surface area contributed by atoms with E-state index in [0.29, 0.717) is 27.5 Å². The van der Waals surface area contributed by atoms with Gasteiger partial charge in [-0.2, -0.15) is 0 Å². The van der Waals surface area contributed by atoms with Gasteiger partial charge in [0.05, 0.1) is 12.7 Å². The number of aryl methyl sites for hydroxylation is 1. The highest BCUT2D eigenvalue weighted by Gasteiger charge is 2.16. The molecule has 0 spiro atoms. The van der Waals surface area contributed by atoms with E-state index in [1.807, 2.05) is 0 Å². The van der Waals surface area contributed by atoms with E-state index in [2.05, 4.69) is 0 Å². The van der Waals surface area contributed by atoms with Gasteiger partial charge >= 0.3 is 0 Å². The maximum Gasteiger partial charge on any atom is 0.197 e. The van der Waals surface area contributed by atoms with Gasteiger partial charge in [-0.25, -0.2) is 4.39 Å². The lowest BCUT2D eigenvalue weighted by atomic mass is 9.98. The SMILES string of the molecule is COc1cc(Cl)ccc1C(=O)c1ccc(F)cc1C. The first-order chi connectivity index (χ1) is 9.02. The summed E-state index contributed by atoms with van der Waals surface area (Å²) < 4.78 is 18.2. The van der Waals surface area contributed by atoms with Gasteiger partial charge in [-0.15, -0.1) is 0 Å². The second kappa shape index (κ2) is 5.41. The Morgan fingerprint density at radius 2 is 1.84 bits per heavy atom. The van der Waals surface area contributed by atoms with Crippen molar-refractivity contribution in [1.29, 1.82) is 0 Å². The van der Waals surface area contributed by atoms with E-state index in [9.17, 15) is 9.18 Å². The summed E-state index contributed by atoms with van der Waals surface area (Å²) in [6, 6.07) is 8.87. The summed E-state index contributed by atoms with van der Waals surface area (Å²) >= 11 is 5.86. The summed E-state index contributed by atoms with van der Waals surface area (Å²) in [5.41, 5.74) is 1.44. The molecule has 0 N–H and O–H groups in total. The first kappa shape index (κ1) is 13.6. The fourth-order valence-electron chi connectivity index (χ4n) is 1.88. The lowest BCUT2D eigenvalue weighted by Gasteiger charge is -2.09. The van der Waals surface area contributed by atoms with Crippen molar-refractivity contribution in [2.75, 3.05) is 7.11 Å². The number of methoxy groups -OCH3 is 1. The number of halogens is 2. The van der Waals surface area contributed by atoms with Crippen LogP contribution in [0.25, 0.3) is 0 Å². The Bertz CT molecular complexity index is 638. The minimum Gasteiger partial charge on any atom is -0.496 e. The van der Waals surface area contributed by atoms with Gasteiger partial charge in [0, 0.05) is 10.6 Å². The average Bonchev–Trinajstić information content (AvgIpc) is 2.37. The lowest BCUT2D eigenvalue weighted by Crippen LogP contribution is -2.06. The van der Waals surface area contributed by atoms with Gasteiger partial charge in [0.1, 0.15) is 11.6 Å². The fraction of sp³-hybridized carbons (Fsp3) is 0.133. The van der Waals surface area contributed by atoms with Crippen molar-refractivity contribution in [3.05, 3.63) is 63.9 Å². The largest absolute Gasteiger partial charge is 0.496 e. The number of ether oxygens (including phenoxy) is 1. The standard InChI is InChI=1S/C15H12ClFO2/c1-9-7-11(17)4-6-12(9)15(18)13-5-3-10(16)8-14(13)19-2/h3-8H,1-2H3. The summed E-state index contributed by atoms with van der Waals surface area (Å²) in [5.74, 6) is -0.177. The van der Waals surface area contributed by atoms with Crippen molar-refractivity contribution in [1.82, 2.24) is 0 Å². The minimum atomic E-state index is -0.364. The highest BCUT2D eigenvalue weighted by molar-refractivity contribution is 6.31. The molecule has 0 aliphatic heterocycles. The Morgan fingerprint density at radius 3 is 2.47 bits per heavy atom. The van der Waals surface area contributed by atoms with E-state index in [4.69, 9.17) is 16.3 Å². The van der Waals surface area contributed by atoms with E-state index in [-0.39, 0.29) is 11.6 Å². The van der Waals surface area contributed by atoms with Gasteiger partial charge < -0.3 is 4.74 Å². The van der Waals surface area contributed by atoms with Crippen LogP contribution < -0.4 is 4.74 Å². The monoisotopic (exact) mass is 278 g/mol. The van der Waals surface area contributed by atoms with Gasteiger partial charge in [0.15, 0.2) is 5.78 Å². The molecule has 0 aromatic heterocycles. The summed E-state index contributed by atoms with van der Waals surface area (Å²) in [5, 5.41) is 0.490. The number of benzene rings is 2. The molecule has 0 fully saturated rings. The van der Waals surface area contributed by atoms with Crippen LogP contribution in [0.2, 0.25) is 5.02 Å². The predicted molar refractivity (Wildman–Crippen MR) is 72.6 cm³/mol.